The molecule has 0 amide bonds. The van der Waals surface area contributed by atoms with E-state index in [1.807, 2.05) is 0 Å². The van der Waals surface area contributed by atoms with Crippen LogP contribution in [-0.4, -0.2) is 18.7 Å². The zero-order valence-corrected chi connectivity index (χ0v) is 12.3. The van der Waals surface area contributed by atoms with Gasteiger partial charge in [0.25, 0.3) is 0 Å². The second-order valence-corrected chi connectivity index (χ2v) is 6.65. The van der Waals surface area contributed by atoms with Crippen LogP contribution in [0.3, 0.4) is 0 Å². The molecular weight excluding hydrogens is 234 g/mol. The lowest BCUT2D eigenvalue weighted by molar-refractivity contribution is -0.132. The van der Waals surface area contributed by atoms with E-state index >= 15 is 0 Å². The summed E-state index contributed by atoms with van der Waals surface area (Å²) in [7, 11) is 0. The Balaban J connectivity index is 1.74. The molecule has 1 aliphatic carbocycles. The van der Waals surface area contributed by atoms with E-state index in [1.54, 1.807) is 0 Å². The molecule has 1 saturated carbocycles. The van der Waals surface area contributed by atoms with Crippen molar-refractivity contribution >= 4 is 0 Å². The highest BCUT2D eigenvalue weighted by molar-refractivity contribution is 5.29. The fourth-order valence-electron chi connectivity index (χ4n) is 2.79. The van der Waals surface area contributed by atoms with Crippen molar-refractivity contribution in [3.63, 3.8) is 0 Å². The van der Waals surface area contributed by atoms with Gasteiger partial charge in [-0.1, -0.05) is 38.1 Å². The van der Waals surface area contributed by atoms with Gasteiger partial charge in [-0.3, -0.25) is 0 Å². The summed E-state index contributed by atoms with van der Waals surface area (Å²) < 4.78 is 6.37. The summed E-state index contributed by atoms with van der Waals surface area (Å²) in [5.41, 5.74) is 2.75. The molecule has 3 rings (SSSR count). The van der Waals surface area contributed by atoms with Gasteiger partial charge < -0.3 is 10.1 Å². The molecule has 1 heterocycles. The third-order valence-electron chi connectivity index (χ3n) is 4.80. The third kappa shape index (κ3) is 2.70. The van der Waals surface area contributed by atoms with Crippen molar-refractivity contribution < 1.29 is 4.74 Å². The first-order chi connectivity index (χ1) is 9.08. The summed E-state index contributed by atoms with van der Waals surface area (Å²) in [6.07, 6.45) is 2.92. The minimum Gasteiger partial charge on any atom is -0.364 e. The molecule has 2 unspecified atom stereocenters. The molecule has 2 fully saturated rings. The predicted molar refractivity (Wildman–Crippen MR) is 78.4 cm³/mol. The quantitative estimate of drug-likeness (QED) is 0.895. The molecular formula is C17H25NO. The molecule has 1 aromatic carbocycles. The van der Waals surface area contributed by atoms with Gasteiger partial charge in [0.1, 0.15) is 0 Å². The third-order valence-corrected chi connectivity index (χ3v) is 4.80. The molecule has 0 bridgehead atoms. The van der Waals surface area contributed by atoms with Gasteiger partial charge in [-0.15, -0.1) is 0 Å². The van der Waals surface area contributed by atoms with Gasteiger partial charge in [-0.05, 0) is 42.7 Å². The van der Waals surface area contributed by atoms with Crippen molar-refractivity contribution in [1.82, 2.24) is 5.32 Å². The molecule has 1 saturated heterocycles. The van der Waals surface area contributed by atoms with Crippen LogP contribution in [0.15, 0.2) is 24.3 Å². The lowest BCUT2D eigenvalue weighted by atomic mass is 9.89. The van der Waals surface area contributed by atoms with E-state index < -0.39 is 0 Å². The van der Waals surface area contributed by atoms with E-state index in [1.165, 1.54) is 24.0 Å². The Labute approximate surface area is 116 Å². The maximum atomic E-state index is 6.37. The Morgan fingerprint density at radius 2 is 1.79 bits per heavy atom. The van der Waals surface area contributed by atoms with Crippen LogP contribution in [0.5, 0.6) is 0 Å². The SMILES string of the molecule is CC(C)C1(C)CNCC(c2ccc(C3CC3)cc2)O1. The molecule has 2 aliphatic rings. The second-order valence-electron chi connectivity index (χ2n) is 6.65. The van der Waals surface area contributed by atoms with Crippen LogP contribution < -0.4 is 5.32 Å². The van der Waals surface area contributed by atoms with E-state index in [2.05, 4.69) is 50.4 Å². The van der Waals surface area contributed by atoms with Crippen molar-refractivity contribution in [1.29, 1.82) is 0 Å². The highest BCUT2D eigenvalue weighted by Gasteiger charge is 2.36. The topological polar surface area (TPSA) is 21.3 Å². The molecule has 1 aliphatic heterocycles. The number of hydrogen-bond donors (Lipinski definition) is 1. The summed E-state index contributed by atoms with van der Waals surface area (Å²) in [6, 6.07) is 9.09. The van der Waals surface area contributed by atoms with Crippen LogP contribution in [0.25, 0.3) is 0 Å². The maximum Gasteiger partial charge on any atom is 0.0957 e. The predicted octanol–water partition coefficient (Wildman–Crippen LogP) is 3.64. The average molecular weight is 259 g/mol. The van der Waals surface area contributed by atoms with Crippen molar-refractivity contribution in [3.05, 3.63) is 35.4 Å². The molecule has 2 atom stereocenters. The summed E-state index contributed by atoms with van der Waals surface area (Å²) in [5.74, 6) is 1.36. The number of ether oxygens (including phenoxy) is 1. The molecule has 104 valence electrons. The lowest BCUT2D eigenvalue weighted by Crippen LogP contribution is -2.52. The van der Waals surface area contributed by atoms with Gasteiger partial charge in [-0.2, -0.15) is 0 Å². The standard InChI is InChI=1S/C17H25NO/c1-12(2)17(3)11-18-10-16(19-17)15-8-6-14(7-9-15)13-4-5-13/h6-9,12-13,16,18H,4-5,10-11H2,1-3H3. The summed E-state index contributed by atoms with van der Waals surface area (Å²) >= 11 is 0. The Morgan fingerprint density at radius 1 is 1.16 bits per heavy atom. The normalized spacial score (nSPS) is 31.7. The Hall–Kier alpha value is -0.860. The largest absolute Gasteiger partial charge is 0.364 e. The first-order valence-corrected chi connectivity index (χ1v) is 7.57. The van der Waals surface area contributed by atoms with Gasteiger partial charge in [0, 0.05) is 13.1 Å². The Morgan fingerprint density at radius 3 is 2.37 bits per heavy atom. The zero-order valence-electron chi connectivity index (χ0n) is 12.3. The van der Waals surface area contributed by atoms with E-state index in [-0.39, 0.29) is 11.7 Å². The van der Waals surface area contributed by atoms with Crippen LogP contribution in [0, 0.1) is 5.92 Å². The molecule has 0 spiro atoms. The summed E-state index contributed by atoms with van der Waals surface area (Å²) in [6.45, 7) is 8.56. The monoisotopic (exact) mass is 259 g/mol. The van der Waals surface area contributed by atoms with Crippen molar-refractivity contribution in [2.45, 2.75) is 51.2 Å². The molecule has 1 N–H and O–H groups in total. The fourth-order valence-corrected chi connectivity index (χ4v) is 2.79. The van der Waals surface area contributed by atoms with Gasteiger partial charge in [0.05, 0.1) is 11.7 Å². The van der Waals surface area contributed by atoms with Crippen molar-refractivity contribution in [3.8, 4) is 0 Å². The Bertz CT molecular complexity index is 435. The molecule has 0 aromatic heterocycles. The number of morpholine rings is 1. The first-order valence-electron chi connectivity index (χ1n) is 7.57. The van der Waals surface area contributed by atoms with Gasteiger partial charge in [0.15, 0.2) is 0 Å². The lowest BCUT2D eigenvalue weighted by Gasteiger charge is -2.42. The highest BCUT2D eigenvalue weighted by Crippen LogP contribution is 2.40. The van der Waals surface area contributed by atoms with Crippen LogP contribution in [0.2, 0.25) is 0 Å². The maximum absolute atomic E-state index is 6.37. The zero-order chi connectivity index (χ0) is 13.5. The molecule has 19 heavy (non-hydrogen) atoms. The number of nitrogens with one attached hydrogen (secondary N) is 1. The smallest absolute Gasteiger partial charge is 0.0957 e. The van der Waals surface area contributed by atoms with Gasteiger partial charge >= 0.3 is 0 Å². The number of rotatable bonds is 3. The van der Waals surface area contributed by atoms with Gasteiger partial charge in [0.2, 0.25) is 0 Å². The first kappa shape index (κ1) is 13.1. The summed E-state index contributed by atoms with van der Waals surface area (Å²) in [4.78, 5) is 0. The molecule has 2 heteroatoms. The van der Waals surface area contributed by atoms with E-state index in [4.69, 9.17) is 4.74 Å². The Kier molecular flexibility index (Phi) is 3.40. The number of benzene rings is 1. The average Bonchev–Trinajstić information content (AvgIpc) is 3.23. The highest BCUT2D eigenvalue weighted by atomic mass is 16.5. The van der Waals surface area contributed by atoms with Crippen molar-refractivity contribution in [2.75, 3.05) is 13.1 Å². The second kappa shape index (κ2) is 4.92. The van der Waals surface area contributed by atoms with Crippen LogP contribution in [0.1, 0.15) is 56.8 Å². The van der Waals surface area contributed by atoms with E-state index in [0.29, 0.717) is 5.92 Å². The van der Waals surface area contributed by atoms with Gasteiger partial charge in [-0.25, -0.2) is 0 Å². The fraction of sp³-hybridized carbons (Fsp3) is 0.647. The molecule has 1 aromatic rings. The molecule has 2 nitrogen and oxygen atoms in total. The summed E-state index contributed by atoms with van der Waals surface area (Å²) in [5, 5.41) is 3.53. The number of hydrogen-bond acceptors (Lipinski definition) is 2. The minimum atomic E-state index is -0.0575. The molecule has 0 radical (unpaired) electrons. The van der Waals surface area contributed by atoms with Crippen LogP contribution >= 0.6 is 0 Å². The van der Waals surface area contributed by atoms with Crippen LogP contribution in [-0.2, 0) is 4.74 Å². The van der Waals surface area contributed by atoms with Crippen molar-refractivity contribution in [2.24, 2.45) is 5.92 Å². The minimum absolute atomic E-state index is 0.0575. The van der Waals surface area contributed by atoms with E-state index in [0.717, 1.165) is 19.0 Å². The van der Waals surface area contributed by atoms with E-state index in [9.17, 15) is 0 Å². The van der Waals surface area contributed by atoms with Crippen LogP contribution in [0.4, 0.5) is 0 Å².